The van der Waals surface area contributed by atoms with Crippen molar-refractivity contribution in [3.05, 3.63) is 40.8 Å². The van der Waals surface area contributed by atoms with Gasteiger partial charge in [0, 0.05) is 35.5 Å². The molecule has 2 unspecified atom stereocenters. The smallest absolute Gasteiger partial charge is 0.272 e. The SMILES string of the molecule is Cc1c(Nc2ncc3cc(Cl)c(C4CCN(C5COC5)C[C@@H]4F)cc3n2)cnn1C1CC1(F)F. The Bertz CT molecular complexity index is 1250. The van der Waals surface area contributed by atoms with Gasteiger partial charge in [0.15, 0.2) is 0 Å². The maximum Gasteiger partial charge on any atom is 0.272 e. The molecule has 3 aliphatic rings. The average molecular weight is 493 g/mol. The standard InChI is InChI=1S/C23H24ClF3N6O/c1-12-20(8-29-33(12)21-6-23(21,26)27)31-22-28-7-13-4-17(24)16(5-19(13)30-22)15-2-3-32(9-18(15)25)14-10-34-11-14/h4-5,7-8,14-15,18,21H,2-3,6,9-11H2,1H3,(H,28,30,31)/t15?,18-,21?/m0/s1. The van der Waals surface area contributed by atoms with Crippen LogP contribution in [0.3, 0.4) is 0 Å². The van der Waals surface area contributed by atoms with Crippen molar-refractivity contribution in [1.29, 1.82) is 0 Å². The predicted octanol–water partition coefficient (Wildman–Crippen LogP) is 4.64. The van der Waals surface area contributed by atoms with Gasteiger partial charge in [-0.2, -0.15) is 5.10 Å². The van der Waals surface area contributed by atoms with Gasteiger partial charge in [0.2, 0.25) is 5.95 Å². The highest BCUT2D eigenvalue weighted by molar-refractivity contribution is 6.32. The molecule has 0 amide bonds. The highest BCUT2D eigenvalue weighted by Crippen LogP contribution is 2.53. The van der Waals surface area contributed by atoms with Crippen LogP contribution in [0.25, 0.3) is 10.9 Å². The van der Waals surface area contributed by atoms with Crippen LogP contribution in [0.15, 0.2) is 24.5 Å². The topological polar surface area (TPSA) is 68.1 Å². The van der Waals surface area contributed by atoms with E-state index in [4.69, 9.17) is 16.3 Å². The van der Waals surface area contributed by atoms with Gasteiger partial charge in [0.25, 0.3) is 5.92 Å². The predicted molar refractivity (Wildman–Crippen MR) is 122 cm³/mol. The molecule has 3 aromatic rings. The fourth-order valence-electron chi connectivity index (χ4n) is 4.90. The van der Waals surface area contributed by atoms with Crippen molar-refractivity contribution in [2.75, 3.05) is 31.6 Å². The maximum absolute atomic E-state index is 15.2. The first-order chi connectivity index (χ1) is 16.3. The second-order valence-electron chi connectivity index (χ2n) is 9.42. The highest BCUT2D eigenvalue weighted by atomic mass is 35.5. The first kappa shape index (κ1) is 22.1. The zero-order valence-corrected chi connectivity index (χ0v) is 19.3. The molecule has 1 aliphatic carbocycles. The Kier molecular flexibility index (Phi) is 5.23. The molecular weight excluding hydrogens is 469 g/mol. The monoisotopic (exact) mass is 492 g/mol. The first-order valence-electron chi connectivity index (χ1n) is 11.4. The summed E-state index contributed by atoms with van der Waals surface area (Å²) in [5.41, 5.74) is 2.53. The highest BCUT2D eigenvalue weighted by Gasteiger charge is 2.59. The quantitative estimate of drug-likeness (QED) is 0.560. The molecule has 7 nitrogen and oxygen atoms in total. The first-order valence-corrected chi connectivity index (χ1v) is 11.8. The lowest BCUT2D eigenvalue weighted by molar-refractivity contribution is -0.0806. The third kappa shape index (κ3) is 3.81. The molecule has 0 radical (unpaired) electrons. The second-order valence-corrected chi connectivity index (χ2v) is 9.82. The van der Waals surface area contributed by atoms with E-state index in [1.165, 1.54) is 10.9 Å². The van der Waals surface area contributed by atoms with Crippen molar-refractivity contribution in [1.82, 2.24) is 24.6 Å². The van der Waals surface area contributed by atoms with Crippen LogP contribution in [0.1, 0.15) is 36.1 Å². The van der Waals surface area contributed by atoms with Gasteiger partial charge in [0.1, 0.15) is 12.2 Å². The number of fused-ring (bicyclic) bond motifs is 1. The number of piperidine rings is 1. The van der Waals surface area contributed by atoms with Crippen LogP contribution in [0.2, 0.25) is 5.02 Å². The number of halogens is 4. The molecule has 1 saturated carbocycles. The summed E-state index contributed by atoms with van der Waals surface area (Å²) >= 11 is 6.55. The molecule has 2 aromatic heterocycles. The number of likely N-dealkylation sites (tertiary alicyclic amines) is 1. The Hall–Kier alpha value is -2.43. The fraction of sp³-hybridized carbons (Fsp3) is 0.522. The van der Waals surface area contributed by atoms with E-state index in [1.54, 1.807) is 19.2 Å². The van der Waals surface area contributed by atoms with Gasteiger partial charge in [0.05, 0.1) is 42.4 Å². The van der Waals surface area contributed by atoms with Crippen molar-refractivity contribution in [2.24, 2.45) is 0 Å². The summed E-state index contributed by atoms with van der Waals surface area (Å²) in [5.74, 6) is -2.71. The molecular formula is C23H24ClF3N6O. The summed E-state index contributed by atoms with van der Waals surface area (Å²) < 4.78 is 48.7. The zero-order valence-electron chi connectivity index (χ0n) is 18.5. The summed E-state index contributed by atoms with van der Waals surface area (Å²) in [6, 6.07) is 3.02. The van der Waals surface area contributed by atoms with E-state index in [1.807, 2.05) is 6.07 Å². The third-order valence-corrected chi connectivity index (χ3v) is 7.51. The molecule has 6 rings (SSSR count). The lowest BCUT2D eigenvalue weighted by atomic mass is 9.86. The Morgan fingerprint density at radius 1 is 1.24 bits per heavy atom. The van der Waals surface area contributed by atoms with Crippen molar-refractivity contribution < 1.29 is 17.9 Å². The number of alkyl halides is 3. The van der Waals surface area contributed by atoms with Crippen molar-refractivity contribution >= 4 is 34.1 Å². The van der Waals surface area contributed by atoms with Crippen LogP contribution in [0.4, 0.5) is 24.8 Å². The minimum atomic E-state index is -2.71. The van der Waals surface area contributed by atoms with Crippen LogP contribution in [0, 0.1) is 6.92 Å². The molecule has 34 heavy (non-hydrogen) atoms. The minimum Gasteiger partial charge on any atom is -0.378 e. The number of ether oxygens (including phenoxy) is 1. The van der Waals surface area contributed by atoms with E-state index in [0.29, 0.717) is 60.1 Å². The molecule has 2 saturated heterocycles. The van der Waals surface area contributed by atoms with E-state index in [9.17, 15) is 8.78 Å². The molecule has 180 valence electrons. The van der Waals surface area contributed by atoms with E-state index >= 15 is 4.39 Å². The van der Waals surface area contributed by atoms with Crippen LogP contribution >= 0.6 is 11.6 Å². The van der Waals surface area contributed by atoms with Gasteiger partial charge < -0.3 is 10.1 Å². The average Bonchev–Trinajstić information content (AvgIpc) is 3.24. The lowest BCUT2D eigenvalue weighted by Gasteiger charge is -2.43. The fourth-order valence-corrected chi connectivity index (χ4v) is 5.21. The van der Waals surface area contributed by atoms with Gasteiger partial charge in [-0.05, 0) is 37.6 Å². The lowest BCUT2D eigenvalue weighted by Crippen LogP contribution is -2.54. The van der Waals surface area contributed by atoms with Crippen LogP contribution in [-0.2, 0) is 4.74 Å². The molecule has 1 N–H and O–H groups in total. The summed E-state index contributed by atoms with van der Waals surface area (Å²) in [7, 11) is 0. The molecule has 2 aliphatic heterocycles. The summed E-state index contributed by atoms with van der Waals surface area (Å²) in [6.45, 7) is 4.23. The van der Waals surface area contributed by atoms with Gasteiger partial charge in [-0.15, -0.1) is 0 Å². The number of rotatable bonds is 5. The summed E-state index contributed by atoms with van der Waals surface area (Å²) in [4.78, 5) is 11.1. The summed E-state index contributed by atoms with van der Waals surface area (Å²) in [6.07, 6.45) is 2.58. The van der Waals surface area contributed by atoms with Crippen molar-refractivity contribution in [2.45, 2.75) is 49.9 Å². The maximum atomic E-state index is 15.2. The van der Waals surface area contributed by atoms with Gasteiger partial charge in [-0.25, -0.2) is 23.1 Å². The molecule has 1 aromatic carbocycles. The van der Waals surface area contributed by atoms with Crippen LogP contribution in [0.5, 0.6) is 0 Å². The number of nitrogens with one attached hydrogen (secondary N) is 1. The van der Waals surface area contributed by atoms with Gasteiger partial charge in [-0.1, -0.05) is 11.6 Å². The number of benzene rings is 1. The second kappa shape index (κ2) is 8.07. The molecule has 0 spiro atoms. The van der Waals surface area contributed by atoms with Crippen LogP contribution < -0.4 is 5.32 Å². The van der Waals surface area contributed by atoms with Gasteiger partial charge in [-0.3, -0.25) is 9.58 Å². The number of hydrogen-bond donors (Lipinski definition) is 1. The largest absolute Gasteiger partial charge is 0.378 e. The third-order valence-electron chi connectivity index (χ3n) is 7.19. The molecule has 4 heterocycles. The number of hydrogen-bond acceptors (Lipinski definition) is 6. The Labute approximate surface area is 199 Å². The van der Waals surface area contributed by atoms with Crippen molar-refractivity contribution in [3.8, 4) is 0 Å². The van der Waals surface area contributed by atoms with Crippen LogP contribution in [-0.4, -0.2) is 69.1 Å². The Balaban J connectivity index is 1.24. The zero-order chi connectivity index (χ0) is 23.6. The Morgan fingerprint density at radius 2 is 2.03 bits per heavy atom. The molecule has 3 atom stereocenters. The number of nitrogens with zero attached hydrogens (tertiary/aromatic N) is 5. The van der Waals surface area contributed by atoms with E-state index < -0.39 is 18.1 Å². The molecule has 11 heteroatoms. The molecule has 0 bridgehead atoms. The Morgan fingerprint density at radius 3 is 2.71 bits per heavy atom. The van der Waals surface area contributed by atoms with Gasteiger partial charge >= 0.3 is 0 Å². The summed E-state index contributed by atoms with van der Waals surface area (Å²) in [5, 5.41) is 8.42. The van der Waals surface area contributed by atoms with E-state index in [0.717, 1.165) is 17.5 Å². The van der Waals surface area contributed by atoms with Crippen molar-refractivity contribution in [3.63, 3.8) is 0 Å². The van der Waals surface area contributed by atoms with E-state index in [-0.39, 0.29) is 12.3 Å². The number of aromatic nitrogens is 4. The number of anilines is 2. The minimum absolute atomic E-state index is 0.200. The van der Waals surface area contributed by atoms with E-state index in [2.05, 4.69) is 25.3 Å². The molecule has 3 fully saturated rings. The normalized spacial score (nSPS) is 27.0.